The summed E-state index contributed by atoms with van der Waals surface area (Å²) in [7, 11) is 0. The number of carbonyl (C=O) groups excluding carboxylic acids is 1. The molecule has 0 unspecified atom stereocenters. The first-order valence-corrected chi connectivity index (χ1v) is 11.5. The van der Waals surface area contributed by atoms with Gasteiger partial charge in [0.2, 0.25) is 12.4 Å². The molecule has 0 aliphatic heterocycles. The van der Waals surface area contributed by atoms with Gasteiger partial charge in [-0.1, -0.05) is 86.4 Å². The Hall–Kier alpha value is -1.16. The number of nitrogens with zero attached hydrogens (tertiary/aromatic N) is 1. The van der Waals surface area contributed by atoms with E-state index in [1.54, 1.807) is 12.4 Å². The Balaban J connectivity index is 1.86. The molecule has 0 fully saturated rings. The van der Waals surface area contributed by atoms with Crippen LogP contribution < -0.4 is 9.57 Å². The maximum absolute atomic E-state index is 11.8. The van der Waals surface area contributed by atoms with E-state index in [1.807, 2.05) is 12.1 Å². The number of allylic oxidation sites excluding steroid dienone is 2. The molecule has 1 aromatic rings. The summed E-state index contributed by atoms with van der Waals surface area (Å²) in [6.45, 7) is 2.27. The minimum absolute atomic E-state index is 0.167. The first-order chi connectivity index (χ1) is 13.2. The number of halogens is 1. The Morgan fingerprint density at radius 1 is 0.889 bits per heavy atom. The molecule has 0 aliphatic carbocycles. The van der Waals surface area contributed by atoms with E-state index in [1.165, 1.54) is 75.4 Å². The van der Waals surface area contributed by atoms with Crippen LogP contribution in [0.1, 0.15) is 96.8 Å². The largest absolute Gasteiger partial charge is 0.380 e. The van der Waals surface area contributed by atoms with Crippen LogP contribution in [-0.4, -0.2) is 5.97 Å². The maximum atomic E-state index is 11.8. The molecule has 3 nitrogen and oxygen atoms in total. The van der Waals surface area contributed by atoms with Crippen LogP contribution in [-0.2, 0) is 4.79 Å². The molecule has 1 rings (SSSR count). The summed E-state index contributed by atoms with van der Waals surface area (Å²) in [5.41, 5.74) is 0. The first-order valence-electron chi connectivity index (χ1n) is 10.8. The van der Waals surface area contributed by atoms with E-state index in [0.29, 0.717) is 6.42 Å². The third-order valence-corrected chi connectivity index (χ3v) is 5.14. The molecule has 1 heterocycles. The summed E-state index contributed by atoms with van der Waals surface area (Å²) in [5.74, 6) is -0.167. The van der Waals surface area contributed by atoms with Gasteiger partial charge < -0.3 is 0 Å². The van der Waals surface area contributed by atoms with Crippen LogP contribution in [0.2, 0.25) is 0 Å². The van der Waals surface area contributed by atoms with E-state index in [4.69, 9.17) is 4.84 Å². The molecule has 4 heteroatoms. The van der Waals surface area contributed by atoms with Gasteiger partial charge in [-0.05, 0) is 32.1 Å². The number of unbranched alkanes of at least 4 members (excludes halogenated alkanes) is 11. The number of hydrogen-bond donors (Lipinski definition) is 0. The van der Waals surface area contributed by atoms with E-state index in [-0.39, 0.29) is 5.97 Å². The Morgan fingerprint density at radius 3 is 2.00 bits per heavy atom. The van der Waals surface area contributed by atoms with Crippen LogP contribution in [0, 0.1) is 0 Å². The summed E-state index contributed by atoms with van der Waals surface area (Å²) in [6, 6.07) is 3.69. The standard InChI is InChI=1S/C23H37BrNO2/c1-2-3-4-5-6-7-8-9-10-11-12-13-14-15-16-17-23(26)27-25-20-18-22(24)19-21-25/h9-10,18-21H,2-8,11-17H2,1H3/q+1/b10-9-. The van der Waals surface area contributed by atoms with Crippen molar-refractivity contribution < 1.29 is 14.4 Å². The van der Waals surface area contributed by atoms with Crippen molar-refractivity contribution in [2.75, 3.05) is 0 Å². The van der Waals surface area contributed by atoms with Gasteiger partial charge in [0.15, 0.2) is 0 Å². The molecule has 0 N–H and O–H groups in total. The normalized spacial score (nSPS) is 11.2. The zero-order valence-corrected chi connectivity index (χ0v) is 18.6. The van der Waals surface area contributed by atoms with Gasteiger partial charge in [-0.15, -0.1) is 0 Å². The Labute approximate surface area is 174 Å². The molecular weight excluding hydrogens is 402 g/mol. The monoisotopic (exact) mass is 438 g/mol. The van der Waals surface area contributed by atoms with Crippen LogP contribution in [0.5, 0.6) is 0 Å². The van der Waals surface area contributed by atoms with Gasteiger partial charge in [0, 0.05) is 21.3 Å². The summed E-state index contributed by atoms with van der Waals surface area (Å²) in [5, 5.41) is 0. The molecule has 0 amide bonds. The van der Waals surface area contributed by atoms with Crippen molar-refractivity contribution in [2.45, 2.75) is 96.8 Å². The van der Waals surface area contributed by atoms with Gasteiger partial charge in [0.05, 0.1) is 6.42 Å². The van der Waals surface area contributed by atoms with E-state index < -0.39 is 0 Å². The van der Waals surface area contributed by atoms with Gasteiger partial charge in [-0.3, -0.25) is 0 Å². The lowest BCUT2D eigenvalue weighted by molar-refractivity contribution is -0.869. The molecule has 0 radical (unpaired) electrons. The van der Waals surface area contributed by atoms with Crippen molar-refractivity contribution in [3.63, 3.8) is 0 Å². The predicted octanol–water partition coefficient (Wildman–Crippen LogP) is 6.73. The van der Waals surface area contributed by atoms with Crippen molar-refractivity contribution in [3.8, 4) is 0 Å². The average Bonchev–Trinajstić information content (AvgIpc) is 2.66. The molecule has 0 spiro atoms. The molecule has 0 aromatic carbocycles. The number of carbonyl (C=O) groups is 1. The molecule has 0 atom stereocenters. The Kier molecular flexibility index (Phi) is 15.0. The number of hydrogen-bond acceptors (Lipinski definition) is 2. The summed E-state index contributed by atoms with van der Waals surface area (Å²) < 4.78 is 2.41. The number of pyridine rings is 1. The van der Waals surface area contributed by atoms with E-state index in [2.05, 4.69) is 35.0 Å². The third kappa shape index (κ3) is 14.6. The fraction of sp³-hybridized carbons (Fsp3) is 0.652. The topological polar surface area (TPSA) is 30.2 Å². The van der Waals surface area contributed by atoms with Gasteiger partial charge in [-0.25, -0.2) is 4.79 Å². The smallest absolute Gasteiger partial charge is 0.245 e. The summed E-state index contributed by atoms with van der Waals surface area (Å²) in [6.07, 6.45) is 25.0. The van der Waals surface area contributed by atoms with Gasteiger partial charge in [0.1, 0.15) is 0 Å². The Bertz CT molecular complexity index is 514. The maximum Gasteiger partial charge on any atom is 0.380 e. The Morgan fingerprint density at radius 2 is 1.41 bits per heavy atom. The predicted molar refractivity (Wildman–Crippen MR) is 115 cm³/mol. The van der Waals surface area contributed by atoms with Crippen LogP contribution in [0.15, 0.2) is 41.2 Å². The lowest BCUT2D eigenvalue weighted by atomic mass is 10.1. The second-order valence-corrected chi connectivity index (χ2v) is 8.09. The summed E-state index contributed by atoms with van der Waals surface area (Å²) in [4.78, 5) is 17.0. The van der Waals surface area contributed by atoms with E-state index in [9.17, 15) is 4.79 Å². The average molecular weight is 439 g/mol. The fourth-order valence-electron chi connectivity index (χ4n) is 2.96. The zero-order chi connectivity index (χ0) is 19.6. The number of rotatable bonds is 16. The van der Waals surface area contributed by atoms with E-state index >= 15 is 0 Å². The highest BCUT2D eigenvalue weighted by Crippen LogP contribution is 2.10. The second-order valence-electron chi connectivity index (χ2n) is 7.17. The zero-order valence-electron chi connectivity index (χ0n) is 17.0. The molecular formula is C23H37BrNO2+. The summed E-state index contributed by atoms with van der Waals surface area (Å²) >= 11 is 3.36. The van der Waals surface area contributed by atoms with Crippen molar-refractivity contribution in [1.82, 2.24) is 0 Å². The van der Waals surface area contributed by atoms with Gasteiger partial charge in [-0.2, -0.15) is 4.84 Å². The van der Waals surface area contributed by atoms with Crippen LogP contribution in [0.25, 0.3) is 0 Å². The lowest BCUT2D eigenvalue weighted by Gasteiger charge is -2.00. The molecule has 0 saturated heterocycles. The quantitative estimate of drug-likeness (QED) is 0.162. The molecule has 0 bridgehead atoms. The molecule has 27 heavy (non-hydrogen) atoms. The minimum atomic E-state index is -0.167. The highest BCUT2D eigenvalue weighted by molar-refractivity contribution is 9.10. The molecule has 0 saturated carbocycles. The molecule has 152 valence electrons. The van der Waals surface area contributed by atoms with Crippen LogP contribution in [0.4, 0.5) is 0 Å². The van der Waals surface area contributed by atoms with Crippen LogP contribution in [0.3, 0.4) is 0 Å². The van der Waals surface area contributed by atoms with Gasteiger partial charge >= 0.3 is 5.97 Å². The second kappa shape index (κ2) is 17.0. The minimum Gasteiger partial charge on any atom is -0.245 e. The third-order valence-electron chi connectivity index (χ3n) is 4.61. The van der Waals surface area contributed by atoms with Crippen LogP contribution >= 0.6 is 15.9 Å². The fourth-order valence-corrected chi connectivity index (χ4v) is 3.20. The molecule has 0 aliphatic rings. The van der Waals surface area contributed by atoms with Crippen molar-refractivity contribution in [2.24, 2.45) is 0 Å². The SMILES string of the molecule is CCCCCCCC/C=C\CCCCCCCC(=O)O[n+]1ccc(Br)cc1. The van der Waals surface area contributed by atoms with Crippen molar-refractivity contribution in [3.05, 3.63) is 41.2 Å². The van der Waals surface area contributed by atoms with E-state index in [0.717, 1.165) is 17.3 Å². The van der Waals surface area contributed by atoms with Crippen molar-refractivity contribution >= 4 is 21.9 Å². The van der Waals surface area contributed by atoms with Gasteiger partial charge in [0.25, 0.3) is 0 Å². The highest BCUT2D eigenvalue weighted by Gasteiger charge is 2.10. The number of aromatic nitrogens is 1. The van der Waals surface area contributed by atoms with Crippen molar-refractivity contribution in [1.29, 1.82) is 0 Å². The highest BCUT2D eigenvalue weighted by atomic mass is 79.9. The molecule has 1 aromatic heterocycles. The lowest BCUT2D eigenvalue weighted by Crippen LogP contribution is -2.44. The first kappa shape index (κ1) is 23.9.